The maximum atomic E-state index is 11.7. The fourth-order valence-corrected chi connectivity index (χ4v) is 2.22. The minimum atomic E-state index is -0.0330. The summed E-state index contributed by atoms with van der Waals surface area (Å²) in [4.78, 5) is 23.3. The van der Waals surface area contributed by atoms with Crippen LogP contribution in [0.4, 0.5) is 0 Å². The van der Waals surface area contributed by atoms with Crippen molar-refractivity contribution in [2.24, 2.45) is 5.92 Å². The quantitative estimate of drug-likeness (QED) is 0.260. The van der Waals surface area contributed by atoms with Crippen molar-refractivity contribution in [3.8, 4) is 0 Å². The number of carbonyl (C=O) groups is 2. The molecule has 29 heavy (non-hydrogen) atoms. The summed E-state index contributed by atoms with van der Waals surface area (Å²) >= 11 is 0. The molecule has 8 nitrogen and oxygen atoms in total. The molecule has 172 valence electrons. The van der Waals surface area contributed by atoms with Gasteiger partial charge in [-0.15, -0.1) is 0 Å². The van der Waals surface area contributed by atoms with Gasteiger partial charge in [0.15, 0.2) is 0 Å². The van der Waals surface area contributed by atoms with Crippen LogP contribution in [0, 0.1) is 5.92 Å². The Morgan fingerprint density at radius 1 is 0.690 bits per heavy atom. The first kappa shape index (κ1) is 27.8. The topological polar surface area (TPSA) is 97.9 Å². The van der Waals surface area contributed by atoms with E-state index in [1.807, 2.05) is 0 Å². The molecular weight excluding hydrogens is 374 g/mol. The normalized spacial score (nSPS) is 11.2. The van der Waals surface area contributed by atoms with E-state index in [1.165, 1.54) is 0 Å². The Kier molecular flexibility index (Phi) is 19.2. The number of hydrogen-bond acceptors (Lipinski definition) is 6. The second-order valence-electron chi connectivity index (χ2n) is 7.68. The van der Waals surface area contributed by atoms with Gasteiger partial charge in [-0.1, -0.05) is 27.7 Å². The maximum absolute atomic E-state index is 11.7. The molecule has 0 aliphatic rings. The predicted octanol–water partition coefficient (Wildman–Crippen LogP) is 1.48. The van der Waals surface area contributed by atoms with Gasteiger partial charge in [0, 0.05) is 51.7 Å². The van der Waals surface area contributed by atoms with Crippen LogP contribution in [0.1, 0.15) is 53.4 Å². The van der Waals surface area contributed by atoms with E-state index in [0.717, 1.165) is 26.0 Å². The third kappa shape index (κ3) is 22.9. The lowest BCUT2D eigenvalue weighted by atomic mass is 10.1. The van der Waals surface area contributed by atoms with E-state index in [9.17, 15) is 9.59 Å². The van der Waals surface area contributed by atoms with Crippen molar-refractivity contribution in [3.05, 3.63) is 0 Å². The molecule has 0 atom stereocenters. The van der Waals surface area contributed by atoms with Crippen molar-refractivity contribution in [2.45, 2.75) is 59.4 Å². The van der Waals surface area contributed by atoms with E-state index in [4.69, 9.17) is 14.2 Å². The molecule has 0 rings (SSSR count). The van der Waals surface area contributed by atoms with Gasteiger partial charge in [-0.05, 0) is 18.8 Å². The first-order chi connectivity index (χ1) is 13.9. The predicted molar refractivity (Wildman–Crippen MR) is 115 cm³/mol. The standard InChI is InChI=1S/C21H43N3O5/c1-18(2)6-13-28-17-11-24-21(26)7-14-27-12-5-9-23-20(25)8-15-29-16-10-22-19(3)4/h18-19,22H,5-17H2,1-4H3,(H,23,25)(H,24,26). The average Bonchev–Trinajstić information content (AvgIpc) is 2.66. The Morgan fingerprint density at radius 3 is 1.86 bits per heavy atom. The van der Waals surface area contributed by atoms with E-state index in [1.54, 1.807) is 0 Å². The molecule has 8 heteroatoms. The van der Waals surface area contributed by atoms with Gasteiger partial charge in [-0.25, -0.2) is 0 Å². The Hall–Kier alpha value is -1.22. The van der Waals surface area contributed by atoms with E-state index in [0.29, 0.717) is 70.9 Å². The third-order valence-corrected chi connectivity index (χ3v) is 3.94. The monoisotopic (exact) mass is 417 g/mol. The van der Waals surface area contributed by atoms with Crippen LogP contribution in [0.2, 0.25) is 0 Å². The summed E-state index contributed by atoms with van der Waals surface area (Å²) in [6, 6.07) is 0.442. The Bertz CT molecular complexity index is 370. The van der Waals surface area contributed by atoms with E-state index < -0.39 is 0 Å². The molecular formula is C21H43N3O5. The zero-order valence-corrected chi connectivity index (χ0v) is 18.9. The number of amides is 2. The lowest BCUT2D eigenvalue weighted by Gasteiger charge is -2.09. The van der Waals surface area contributed by atoms with Crippen molar-refractivity contribution in [1.29, 1.82) is 0 Å². The zero-order chi connectivity index (χ0) is 21.7. The summed E-state index contributed by atoms with van der Waals surface area (Å²) in [5.41, 5.74) is 0. The first-order valence-electron chi connectivity index (χ1n) is 10.9. The number of ether oxygens (including phenoxy) is 3. The summed E-state index contributed by atoms with van der Waals surface area (Å²) < 4.78 is 16.3. The van der Waals surface area contributed by atoms with Gasteiger partial charge in [0.25, 0.3) is 0 Å². The van der Waals surface area contributed by atoms with Crippen LogP contribution in [-0.2, 0) is 23.8 Å². The second-order valence-corrected chi connectivity index (χ2v) is 7.68. The van der Waals surface area contributed by atoms with Gasteiger partial charge in [0.2, 0.25) is 11.8 Å². The van der Waals surface area contributed by atoms with Crippen molar-refractivity contribution < 1.29 is 23.8 Å². The van der Waals surface area contributed by atoms with Crippen LogP contribution in [0.25, 0.3) is 0 Å². The summed E-state index contributed by atoms with van der Waals surface area (Å²) in [6.45, 7) is 13.6. The highest BCUT2D eigenvalue weighted by atomic mass is 16.5. The van der Waals surface area contributed by atoms with Crippen molar-refractivity contribution in [1.82, 2.24) is 16.0 Å². The van der Waals surface area contributed by atoms with E-state index >= 15 is 0 Å². The number of rotatable bonds is 20. The van der Waals surface area contributed by atoms with Crippen LogP contribution < -0.4 is 16.0 Å². The molecule has 0 spiro atoms. The van der Waals surface area contributed by atoms with Crippen LogP contribution >= 0.6 is 0 Å². The lowest BCUT2D eigenvalue weighted by Crippen LogP contribution is -2.29. The van der Waals surface area contributed by atoms with Gasteiger partial charge < -0.3 is 30.2 Å². The summed E-state index contributed by atoms with van der Waals surface area (Å²) in [5.74, 6) is 0.581. The number of nitrogens with one attached hydrogen (secondary N) is 3. The Morgan fingerprint density at radius 2 is 1.24 bits per heavy atom. The van der Waals surface area contributed by atoms with Gasteiger partial charge in [0.05, 0.1) is 26.4 Å². The fourth-order valence-electron chi connectivity index (χ4n) is 2.22. The van der Waals surface area contributed by atoms with Gasteiger partial charge in [0.1, 0.15) is 0 Å². The molecule has 0 bridgehead atoms. The molecule has 0 aromatic rings. The summed E-state index contributed by atoms with van der Waals surface area (Å²) in [5, 5.41) is 8.89. The number of hydrogen-bond donors (Lipinski definition) is 3. The zero-order valence-electron chi connectivity index (χ0n) is 18.9. The summed E-state index contributed by atoms with van der Waals surface area (Å²) in [7, 11) is 0. The number of carbonyl (C=O) groups excluding carboxylic acids is 2. The molecule has 3 N–H and O–H groups in total. The summed E-state index contributed by atoms with van der Waals surface area (Å²) in [6.07, 6.45) is 2.45. The molecule has 0 heterocycles. The maximum Gasteiger partial charge on any atom is 0.222 e. The molecule has 0 aliphatic carbocycles. The molecule has 0 saturated carbocycles. The molecule has 0 aromatic heterocycles. The van der Waals surface area contributed by atoms with Crippen LogP contribution in [0.15, 0.2) is 0 Å². The van der Waals surface area contributed by atoms with E-state index in [-0.39, 0.29) is 11.8 Å². The van der Waals surface area contributed by atoms with Gasteiger partial charge >= 0.3 is 0 Å². The highest BCUT2D eigenvalue weighted by Crippen LogP contribution is 1.98. The van der Waals surface area contributed by atoms with Crippen LogP contribution in [0.5, 0.6) is 0 Å². The minimum Gasteiger partial charge on any atom is -0.381 e. The SMILES string of the molecule is CC(C)CCOCCNC(=O)CCOCCCNC(=O)CCOCCNC(C)C. The molecule has 0 aromatic carbocycles. The van der Waals surface area contributed by atoms with Gasteiger partial charge in [-0.2, -0.15) is 0 Å². The first-order valence-corrected chi connectivity index (χ1v) is 10.9. The molecule has 0 fully saturated rings. The lowest BCUT2D eigenvalue weighted by molar-refractivity contribution is -0.122. The van der Waals surface area contributed by atoms with Crippen LogP contribution in [-0.4, -0.2) is 77.1 Å². The van der Waals surface area contributed by atoms with Gasteiger partial charge in [-0.3, -0.25) is 9.59 Å². The van der Waals surface area contributed by atoms with Crippen molar-refractivity contribution in [2.75, 3.05) is 59.3 Å². The third-order valence-electron chi connectivity index (χ3n) is 3.94. The minimum absolute atomic E-state index is 0.0168. The highest BCUT2D eigenvalue weighted by molar-refractivity contribution is 5.76. The van der Waals surface area contributed by atoms with Crippen molar-refractivity contribution >= 4 is 11.8 Å². The fraction of sp³-hybridized carbons (Fsp3) is 0.905. The average molecular weight is 418 g/mol. The van der Waals surface area contributed by atoms with Crippen molar-refractivity contribution in [3.63, 3.8) is 0 Å². The second kappa shape index (κ2) is 20.1. The highest BCUT2D eigenvalue weighted by Gasteiger charge is 2.03. The molecule has 0 aliphatic heterocycles. The van der Waals surface area contributed by atoms with Crippen LogP contribution in [0.3, 0.4) is 0 Å². The largest absolute Gasteiger partial charge is 0.381 e. The Labute approximate surface area is 176 Å². The smallest absolute Gasteiger partial charge is 0.222 e. The molecule has 0 radical (unpaired) electrons. The molecule has 0 saturated heterocycles. The Balaban J connectivity index is 3.31. The molecule has 2 amide bonds. The van der Waals surface area contributed by atoms with E-state index in [2.05, 4.69) is 43.6 Å². The molecule has 0 unspecified atom stereocenters.